The van der Waals surface area contributed by atoms with Crippen LogP contribution < -0.4 is 0 Å². The summed E-state index contributed by atoms with van der Waals surface area (Å²) in [4.78, 5) is 4.39. The van der Waals surface area contributed by atoms with E-state index in [1.807, 2.05) is 22.8 Å². The van der Waals surface area contributed by atoms with E-state index in [4.69, 9.17) is 11.6 Å². The predicted octanol–water partition coefficient (Wildman–Crippen LogP) is 5.43. The predicted molar refractivity (Wildman–Crippen MR) is 86.0 cm³/mol. The van der Waals surface area contributed by atoms with Crippen molar-refractivity contribution in [3.8, 4) is 5.69 Å². The van der Waals surface area contributed by atoms with Gasteiger partial charge in [0.1, 0.15) is 11.6 Å². The molecule has 0 N–H and O–H groups in total. The van der Waals surface area contributed by atoms with Gasteiger partial charge in [0.2, 0.25) is 0 Å². The zero-order chi connectivity index (χ0) is 14.3. The highest BCUT2D eigenvalue weighted by atomic mass is 79.9. The molecule has 0 unspecified atom stereocenters. The van der Waals surface area contributed by atoms with Crippen LogP contribution in [0, 0.1) is 5.82 Å². The van der Waals surface area contributed by atoms with Crippen molar-refractivity contribution in [3.05, 3.63) is 57.0 Å². The first-order chi connectivity index (χ1) is 9.60. The first-order valence-electron chi connectivity index (χ1n) is 5.78. The molecule has 0 fully saturated rings. The molecule has 6 heteroatoms. The van der Waals surface area contributed by atoms with E-state index in [2.05, 4.69) is 36.8 Å². The van der Waals surface area contributed by atoms with Crippen molar-refractivity contribution in [1.29, 1.82) is 0 Å². The average molecular weight is 418 g/mol. The summed E-state index contributed by atoms with van der Waals surface area (Å²) >= 11 is 13.0. The largest absolute Gasteiger partial charge is 0.294 e. The van der Waals surface area contributed by atoms with Gasteiger partial charge in [-0.15, -0.1) is 11.6 Å². The molecule has 2 aromatic carbocycles. The molecule has 0 saturated heterocycles. The summed E-state index contributed by atoms with van der Waals surface area (Å²) in [6, 6.07) is 10.4. The van der Waals surface area contributed by atoms with Crippen molar-refractivity contribution in [1.82, 2.24) is 9.55 Å². The fourth-order valence-corrected chi connectivity index (χ4v) is 3.07. The second-order valence-electron chi connectivity index (χ2n) is 4.23. The Kier molecular flexibility index (Phi) is 3.84. The van der Waals surface area contributed by atoms with Gasteiger partial charge in [-0.1, -0.05) is 15.9 Å². The van der Waals surface area contributed by atoms with Gasteiger partial charge < -0.3 is 0 Å². The second-order valence-corrected chi connectivity index (χ2v) is 6.26. The van der Waals surface area contributed by atoms with E-state index in [0.29, 0.717) is 11.3 Å². The van der Waals surface area contributed by atoms with Gasteiger partial charge in [0.05, 0.1) is 22.6 Å². The zero-order valence-electron chi connectivity index (χ0n) is 10.1. The van der Waals surface area contributed by atoms with E-state index in [1.54, 1.807) is 6.07 Å². The number of alkyl halides is 1. The molecular formula is C14H8Br2ClFN2. The van der Waals surface area contributed by atoms with Crippen molar-refractivity contribution in [2.45, 2.75) is 5.88 Å². The van der Waals surface area contributed by atoms with Gasteiger partial charge >= 0.3 is 0 Å². The summed E-state index contributed by atoms with van der Waals surface area (Å²) in [7, 11) is 0. The molecule has 0 radical (unpaired) electrons. The molecule has 3 rings (SSSR count). The molecule has 0 aliphatic heterocycles. The van der Waals surface area contributed by atoms with Crippen LogP contribution in [0.2, 0.25) is 0 Å². The minimum absolute atomic E-state index is 0.245. The lowest BCUT2D eigenvalue weighted by atomic mass is 10.2. The molecule has 0 spiro atoms. The van der Waals surface area contributed by atoms with E-state index in [9.17, 15) is 4.39 Å². The Balaban J connectivity index is 2.37. The third-order valence-corrected chi connectivity index (χ3v) is 4.36. The molecule has 0 saturated carbocycles. The molecule has 0 atom stereocenters. The highest BCUT2D eigenvalue weighted by molar-refractivity contribution is 9.11. The van der Waals surface area contributed by atoms with E-state index < -0.39 is 0 Å². The van der Waals surface area contributed by atoms with E-state index in [-0.39, 0.29) is 11.7 Å². The van der Waals surface area contributed by atoms with Crippen LogP contribution in [-0.2, 0) is 5.88 Å². The molecule has 3 aromatic rings. The maximum Gasteiger partial charge on any atom is 0.129 e. The van der Waals surface area contributed by atoms with E-state index in [0.717, 1.165) is 20.1 Å². The van der Waals surface area contributed by atoms with Crippen LogP contribution >= 0.6 is 43.5 Å². The molecule has 1 heterocycles. The normalized spacial score (nSPS) is 11.2. The number of hydrogen-bond donors (Lipinski definition) is 0. The smallest absolute Gasteiger partial charge is 0.129 e. The quantitative estimate of drug-likeness (QED) is 0.508. The Labute approximate surface area is 136 Å². The Morgan fingerprint density at radius 2 is 1.95 bits per heavy atom. The SMILES string of the molecule is Fc1ccc2c(c1)nc(CCl)n2-c1cc(Br)ccc1Br. The molecule has 0 aliphatic carbocycles. The van der Waals surface area contributed by atoms with Crippen molar-refractivity contribution < 1.29 is 4.39 Å². The van der Waals surface area contributed by atoms with Crippen LogP contribution in [0.25, 0.3) is 16.7 Å². The van der Waals surface area contributed by atoms with Crippen molar-refractivity contribution in [2.24, 2.45) is 0 Å². The Morgan fingerprint density at radius 1 is 1.15 bits per heavy atom. The van der Waals surface area contributed by atoms with Gasteiger partial charge in [-0.25, -0.2) is 9.37 Å². The van der Waals surface area contributed by atoms with Gasteiger partial charge in [-0.2, -0.15) is 0 Å². The van der Waals surface area contributed by atoms with Crippen molar-refractivity contribution >= 4 is 54.5 Å². The lowest BCUT2D eigenvalue weighted by Gasteiger charge is -2.10. The van der Waals surface area contributed by atoms with Crippen molar-refractivity contribution in [3.63, 3.8) is 0 Å². The number of nitrogens with zero attached hydrogens (tertiary/aromatic N) is 2. The van der Waals surface area contributed by atoms with Gasteiger partial charge in [0.25, 0.3) is 0 Å². The Morgan fingerprint density at radius 3 is 2.70 bits per heavy atom. The number of aromatic nitrogens is 2. The number of fused-ring (bicyclic) bond motifs is 1. The third kappa shape index (κ3) is 2.38. The van der Waals surface area contributed by atoms with Crippen LogP contribution in [0.3, 0.4) is 0 Å². The summed E-state index contributed by atoms with van der Waals surface area (Å²) in [6.45, 7) is 0. The molecule has 1 aromatic heterocycles. The maximum absolute atomic E-state index is 13.3. The van der Waals surface area contributed by atoms with Gasteiger partial charge in [0.15, 0.2) is 0 Å². The molecule has 0 aliphatic rings. The summed E-state index contributed by atoms with van der Waals surface area (Å²) in [5.41, 5.74) is 2.32. The van der Waals surface area contributed by atoms with Gasteiger partial charge in [-0.05, 0) is 46.3 Å². The summed E-state index contributed by atoms with van der Waals surface area (Å²) in [5.74, 6) is 0.609. The number of benzene rings is 2. The first-order valence-corrected chi connectivity index (χ1v) is 7.90. The standard InChI is InChI=1S/C14H8Br2ClFN2/c15-8-1-3-10(16)13(5-8)20-12-4-2-9(18)6-11(12)19-14(20)7-17/h1-6H,7H2. The first kappa shape index (κ1) is 14.0. The molecule has 102 valence electrons. The highest BCUT2D eigenvalue weighted by Gasteiger charge is 2.14. The highest BCUT2D eigenvalue weighted by Crippen LogP contribution is 2.30. The zero-order valence-corrected chi connectivity index (χ0v) is 14.0. The van der Waals surface area contributed by atoms with Crippen LogP contribution in [0.4, 0.5) is 4.39 Å². The van der Waals surface area contributed by atoms with E-state index >= 15 is 0 Å². The van der Waals surface area contributed by atoms with Crippen LogP contribution in [-0.4, -0.2) is 9.55 Å². The number of halogens is 4. The van der Waals surface area contributed by atoms with Crippen LogP contribution in [0.15, 0.2) is 45.3 Å². The third-order valence-electron chi connectivity index (χ3n) is 2.95. The summed E-state index contributed by atoms with van der Waals surface area (Å²) in [6.07, 6.45) is 0. The molecular weight excluding hydrogens is 410 g/mol. The number of rotatable bonds is 2. The summed E-state index contributed by atoms with van der Waals surface area (Å²) < 4.78 is 17.1. The average Bonchev–Trinajstić information content (AvgIpc) is 2.78. The fourth-order valence-electron chi connectivity index (χ4n) is 2.12. The molecule has 0 bridgehead atoms. The summed E-state index contributed by atoms with van der Waals surface area (Å²) in [5, 5.41) is 0. The lowest BCUT2D eigenvalue weighted by molar-refractivity contribution is 0.629. The number of hydrogen-bond acceptors (Lipinski definition) is 1. The second kappa shape index (κ2) is 5.47. The Bertz CT molecular complexity index is 801. The fraction of sp³-hybridized carbons (Fsp3) is 0.0714. The molecule has 20 heavy (non-hydrogen) atoms. The van der Waals surface area contributed by atoms with Gasteiger partial charge in [-0.3, -0.25) is 4.57 Å². The molecule has 0 amide bonds. The minimum Gasteiger partial charge on any atom is -0.294 e. The van der Waals surface area contributed by atoms with Crippen LogP contribution in [0.5, 0.6) is 0 Å². The molecule has 2 nitrogen and oxygen atoms in total. The monoisotopic (exact) mass is 416 g/mol. The minimum atomic E-state index is -0.309. The van der Waals surface area contributed by atoms with Crippen molar-refractivity contribution in [2.75, 3.05) is 0 Å². The van der Waals surface area contributed by atoms with E-state index in [1.165, 1.54) is 12.1 Å². The van der Waals surface area contributed by atoms with Crippen LogP contribution in [0.1, 0.15) is 5.82 Å². The maximum atomic E-state index is 13.3. The number of imidazole rings is 1. The topological polar surface area (TPSA) is 17.8 Å². The van der Waals surface area contributed by atoms with Gasteiger partial charge in [0, 0.05) is 15.0 Å². The lowest BCUT2D eigenvalue weighted by Crippen LogP contribution is -2.00. The Hall–Kier alpha value is -0.910.